The molecule has 2 atom stereocenters. The van der Waals surface area contributed by atoms with Gasteiger partial charge in [0.05, 0.1) is 39.7 Å². The van der Waals surface area contributed by atoms with Crippen LogP contribution in [0.2, 0.25) is 10.0 Å². The van der Waals surface area contributed by atoms with Crippen LogP contribution >= 0.6 is 51.6 Å². The van der Waals surface area contributed by atoms with Crippen LogP contribution in [0.4, 0.5) is 11.5 Å². The molecule has 1 aromatic carbocycles. The maximum absolute atomic E-state index is 10.0. The first-order chi connectivity index (χ1) is 20.7. The lowest BCUT2D eigenvalue weighted by Crippen LogP contribution is -2.71. The molecule has 2 saturated heterocycles. The van der Waals surface area contributed by atoms with Gasteiger partial charge in [-0.2, -0.15) is 5.26 Å². The molecule has 0 amide bonds. The fourth-order valence-electron chi connectivity index (χ4n) is 5.67. The molecule has 2 fully saturated rings. The van der Waals surface area contributed by atoms with Crippen molar-refractivity contribution in [3.8, 4) is 17.6 Å². The number of halogens is 3. The van der Waals surface area contributed by atoms with E-state index in [0.717, 1.165) is 19.6 Å². The van der Waals surface area contributed by atoms with Gasteiger partial charge in [0, 0.05) is 67.4 Å². The standard InChI is InChI=1S/C29H32Cl2IN8O2P/c1-17(26-21(30)12-36-13-22(26)31)42-25-8-20(23(38-43-32)9-24(25)41-2)27(34)19-7-18(10-33)28(37-11-19)40-15-29(35,16-40)14-39-5-3-4-6-39/h7-9,11-13,17,34,38,43H,3-6,14-16,35H2,1-2H3/t17-/m1/s1. The van der Waals surface area contributed by atoms with E-state index >= 15 is 0 Å². The van der Waals surface area contributed by atoms with Crippen LogP contribution in [0.25, 0.3) is 0 Å². The van der Waals surface area contributed by atoms with E-state index in [9.17, 15) is 5.26 Å². The van der Waals surface area contributed by atoms with Gasteiger partial charge in [0.15, 0.2) is 11.5 Å². The minimum atomic E-state index is -0.535. The topological polar surface area (TPSA) is 136 Å². The summed E-state index contributed by atoms with van der Waals surface area (Å²) in [5.74, 6) is 1.47. The Bertz CT molecular complexity index is 1540. The van der Waals surface area contributed by atoms with Crippen LogP contribution in [0.15, 0.2) is 36.8 Å². The fraction of sp³-hybridized carbons (Fsp3) is 0.379. The molecule has 226 valence electrons. The van der Waals surface area contributed by atoms with Crippen molar-refractivity contribution in [2.24, 2.45) is 5.73 Å². The minimum Gasteiger partial charge on any atom is -0.493 e. The third-order valence-electron chi connectivity index (χ3n) is 7.68. The smallest absolute Gasteiger partial charge is 0.162 e. The first kappa shape index (κ1) is 31.9. The van der Waals surface area contributed by atoms with Crippen molar-refractivity contribution in [3.63, 3.8) is 0 Å². The van der Waals surface area contributed by atoms with Gasteiger partial charge in [-0.25, -0.2) is 4.98 Å². The normalized spacial score (nSPS) is 17.0. The summed E-state index contributed by atoms with van der Waals surface area (Å²) >= 11 is 15.0. The molecule has 2 aliphatic rings. The Morgan fingerprint density at radius 3 is 2.53 bits per heavy atom. The van der Waals surface area contributed by atoms with Gasteiger partial charge in [0.2, 0.25) is 0 Å². The number of ether oxygens (including phenoxy) is 2. The number of hydrogen-bond donors (Lipinski definition) is 3. The largest absolute Gasteiger partial charge is 0.493 e. The zero-order valence-corrected chi connectivity index (χ0v) is 28.4. The first-order valence-corrected chi connectivity index (χ1v) is 18.6. The second-order valence-electron chi connectivity index (χ2n) is 10.8. The summed E-state index contributed by atoms with van der Waals surface area (Å²) in [5, 5.41) is 23.3. The van der Waals surface area contributed by atoms with Gasteiger partial charge in [0.25, 0.3) is 0 Å². The van der Waals surface area contributed by atoms with Gasteiger partial charge < -0.3 is 30.1 Å². The number of nitrogens with one attached hydrogen (secondary N) is 2. The molecule has 2 aliphatic heterocycles. The summed E-state index contributed by atoms with van der Waals surface area (Å²) in [5.41, 5.74) is 9.27. The Morgan fingerprint density at radius 1 is 1.21 bits per heavy atom. The average Bonchev–Trinajstić information content (AvgIpc) is 3.48. The second-order valence-corrected chi connectivity index (χ2v) is 13.7. The Morgan fingerprint density at radius 2 is 1.91 bits per heavy atom. The van der Waals surface area contributed by atoms with Crippen molar-refractivity contribution < 1.29 is 9.47 Å². The molecule has 10 nitrogen and oxygen atoms in total. The van der Waals surface area contributed by atoms with Crippen molar-refractivity contribution in [2.45, 2.75) is 31.4 Å². The molecule has 0 saturated carbocycles. The van der Waals surface area contributed by atoms with Gasteiger partial charge >= 0.3 is 0 Å². The molecule has 1 unspecified atom stereocenters. The average molecular weight is 753 g/mol. The number of pyridine rings is 2. The maximum atomic E-state index is 10.0. The lowest BCUT2D eigenvalue weighted by molar-refractivity contribution is 0.210. The van der Waals surface area contributed by atoms with E-state index in [4.69, 9.17) is 43.8 Å². The molecule has 4 heterocycles. The Labute approximate surface area is 276 Å². The third kappa shape index (κ3) is 6.95. The number of likely N-dealkylation sites (tertiary alicyclic amines) is 1. The quantitative estimate of drug-likeness (QED) is 0.119. The SMILES string of the molecule is COc1cc(NPI)c(C(=N)c2cnc(N3CC(N)(CN4CCCC4)C3)c(C#N)c2)cc1O[C@H](C)c1c(Cl)cncc1Cl. The van der Waals surface area contributed by atoms with Gasteiger partial charge in [-0.15, -0.1) is 0 Å². The zero-order valence-electron chi connectivity index (χ0n) is 23.8. The molecular formula is C29H32Cl2IN8O2P. The Balaban J connectivity index is 1.41. The van der Waals surface area contributed by atoms with Crippen molar-refractivity contribution in [1.82, 2.24) is 14.9 Å². The van der Waals surface area contributed by atoms with Gasteiger partial charge in [-0.3, -0.25) is 10.4 Å². The van der Waals surface area contributed by atoms with Crippen molar-refractivity contribution in [2.75, 3.05) is 49.8 Å². The number of rotatable bonds is 11. The molecule has 0 aliphatic carbocycles. The summed E-state index contributed by atoms with van der Waals surface area (Å²) < 4.78 is 11.9. The molecule has 4 N–H and O–H groups in total. The van der Waals surface area contributed by atoms with Crippen LogP contribution in [0.3, 0.4) is 0 Å². The Hall–Kier alpha value is -2.46. The van der Waals surface area contributed by atoms with Crippen LogP contribution < -0.4 is 25.2 Å². The monoisotopic (exact) mass is 752 g/mol. The number of nitriles is 1. The summed E-state index contributed by atoms with van der Waals surface area (Å²) in [7, 11) is 1.55. The third-order valence-corrected chi connectivity index (χ3v) is 9.45. The summed E-state index contributed by atoms with van der Waals surface area (Å²) in [6.45, 7) is 6.13. The van der Waals surface area contributed by atoms with E-state index in [1.807, 2.05) is 11.8 Å². The van der Waals surface area contributed by atoms with Crippen LogP contribution in [-0.2, 0) is 0 Å². The van der Waals surface area contributed by atoms with Crippen molar-refractivity contribution in [3.05, 3.63) is 69.1 Å². The molecule has 0 spiro atoms. The molecule has 0 bridgehead atoms. The zero-order chi connectivity index (χ0) is 30.7. The highest BCUT2D eigenvalue weighted by Crippen LogP contribution is 2.41. The van der Waals surface area contributed by atoms with Crippen LogP contribution in [0.5, 0.6) is 11.5 Å². The molecule has 3 aromatic rings. The molecule has 5 rings (SSSR count). The number of hydrogen-bond acceptors (Lipinski definition) is 10. The summed E-state index contributed by atoms with van der Waals surface area (Å²) in [4.78, 5) is 13.1. The van der Waals surface area contributed by atoms with Gasteiger partial charge in [-0.05, 0) is 67.0 Å². The van der Waals surface area contributed by atoms with E-state index in [0.29, 0.717) is 74.8 Å². The lowest BCUT2D eigenvalue weighted by atomic mass is 9.89. The highest BCUT2D eigenvalue weighted by atomic mass is 127. The summed E-state index contributed by atoms with van der Waals surface area (Å²) in [6, 6.07) is 7.52. The molecule has 43 heavy (non-hydrogen) atoms. The van der Waals surface area contributed by atoms with Crippen molar-refractivity contribution >= 4 is 68.8 Å². The fourth-order valence-corrected chi connectivity index (χ4v) is 7.52. The van der Waals surface area contributed by atoms with E-state index in [1.165, 1.54) is 25.2 Å². The molecule has 2 aromatic heterocycles. The number of nitrogens with zero attached hydrogens (tertiary/aromatic N) is 5. The molecule has 14 heteroatoms. The predicted octanol–water partition coefficient (Wildman–Crippen LogP) is 6.19. The molecular weight excluding hydrogens is 721 g/mol. The second kappa shape index (κ2) is 13.7. The highest BCUT2D eigenvalue weighted by Gasteiger charge is 2.42. The Kier molecular flexibility index (Phi) is 10.2. The maximum Gasteiger partial charge on any atom is 0.162 e. The minimum absolute atomic E-state index is 0.179. The van der Waals surface area contributed by atoms with Gasteiger partial charge in [0.1, 0.15) is 18.0 Å². The number of methoxy groups -OCH3 is 1. The number of nitrogens with two attached hydrogens (primary N) is 1. The van der Waals surface area contributed by atoms with E-state index in [-0.39, 0.29) is 11.3 Å². The van der Waals surface area contributed by atoms with Crippen LogP contribution in [-0.4, -0.2) is 66.0 Å². The number of aromatic nitrogens is 2. The number of anilines is 2. The van der Waals surface area contributed by atoms with E-state index in [1.54, 1.807) is 31.5 Å². The van der Waals surface area contributed by atoms with Crippen LogP contribution in [0.1, 0.15) is 48.1 Å². The number of benzene rings is 1. The predicted molar refractivity (Wildman–Crippen MR) is 182 cm³/mol. The lowest BCUT2D eigenvalue weighted by Gasteiger charge is -2.50. The first-order valence-electron chi connectivity index (χ1n) is 13.7. The van der Waals surface area contributed by atoms with Crippen molar-refractivity contribution in [1.29, 1.82) is 10.7 Å². The highest BCUT2D eigenvalue weighted by molar-refractivity contribution is 14.2. The van der Waals surface area contributed by atoms with Crippen LogP contribution in [0, 0.1) is 16.7 Å². The van der Waals surface area contributed by atoms with E-state index < -0.39 is 6.10 Å². The van der Waals surface area contributed by atoms with E-state index in [2.05, 4.69) is 48.1 Å². The van der Waals surface area contributed by atoms with Gasteiger partial charge in [-0.1, -0.05) is 23.2 Å². The molecule has 0 radical (unpaired) electrons. The summed E-state index contributed by atoms with van der Waals surface area (Å²) in [6.07, 6.45) is 6.90.